The lowest BCUT2D eigenvalue weighted by molar-refractivity contribution is 0.0702. The largest absolute Gasteiger partial charge is 0.506 e. The van der Waals surface area contributed by atoms with Crippen LogP contribution in [0.3, 0.4) is 0 Å². The topological polar surface area (TPSA) is 102 Å². The summed E-state index contributed by atoms with van der Waals surface area (Å²) in [4.78, 5) is 27.1. The molecule has 0 radical (unpaired) electrons. The maximum atomic E-state index is 11.8. The fourth-order valence-electron chi connectivity index (χ4n) is 2.08. The van der Waals surface area contributed by atoms with Gasteiger partial charge in [-0.2, -0.15) is 0 Å². The fourth-order valence-corrected chi connectivity index (χ4v) is 3.14. The van der Waals surface area contributed by atoms with Crippen molar-refractivity contribution in [1.29, 1.82) is 0 Å². The number of fused-ring (bicyclic) bond motifs is 1. The minimum atomic E-state index is -1.05. The van der Waals surface area contributed by atoms with E-state index in [4.69, 9.17) is 5.21 Å². The summed E-state index contributed by atoms with van der Waals surface area (Å²) in [7, 11) is 0. The molecule has 0 unspecified atom stereocenters. The third kappa shape index (κ3) is 2.18. The van der Waals surface area contributed by atoms with Crippen LogP contribution in [0.25, 0.3) is 20.7 Å². The van der Waals surface area contributed by atoms with E-state index in [0.717, 1.165) is 10.4 Å². The minimum absolute atomic E-state index is 0.358. The van der Waals surface area contributed by atoms with Gasteiger partial charge in [0.25, 0.3) is 11.5 Å². The molecule has 2 aromatic heterocycles. The van der Waals surface area contributed by atoms with Crippen molar-refractivity contribution in [1.82, 2.24) is 10.5 Å². The van der Waals surface area contributed by atoms with Crippen molar-refractivity contribution in [3.05, 3.63) is 52.3 Å². The predicted octanol–water partition coefficient (Wildman–Crippen LogP) is 2.08. The quantitative estimate of drug-likeness (QED) is 0.430. The van der Waals surface area contributed by atoms with Crippen molar-refractivity contribution in [2.75, 3.05) is 0 Å². The minimum Gasteiger partial charge on any atom is -0.506 e. The van der Waals surface area contributed by atoms with Crippen LogP contribution in [0.2, 0.25) is 0 Å². The van der Waals surface area contributed by atoms with Gasteiger partial charge in [-0.25, -0.2) is 5.48 Å². The molecule has 3 rings (SSSR count). The zero-order chi connectivity index (χ0) is 15.0. The maximum absolute atomic E-state index is 11.8. The lowest BCUT2D eigenvalue weighted by Gasteiger charge is -2.01. The molecule has 2 heterocycles. The SMILES string of the molecule is O=C(NO)c1c(O)c2cc(-c3ccccc3)sc2[nH]c1=O. The summed E-state index contributed by atoms with van der Waals surface area (Å²) in [5.41, 5.74) is 1.02. The molecule has 0 spiro atoms. The number of hydrogen-bond acceptors (Lipinski definition) is 5. The van der Waals surface area contributed by atoms with Gasteiger partial charge in [0, 0.05) is 4.88 Å². The second-order valence-electron chi connectivity index (χ2n) is 4.34. The van der Waals surface area contributed by atoms with Gasteiger partial charge in [0.1, 0.15) is 16.1 Å². The number of nitrogens with one attached hydrogen (secondary N) is 2. The molecule has 6 nitrogen and oxygen atoms in total. The molecule has 3 aromatic rings. The molecule has 21 heavy (non-hydrogen) atoms. The zero-order valence-electron chi connectivity index (χ0n) is 10.6. The van der Waals surface area contributed by atoms with Crippen LogP contribution in [-0.2, 0) is 0 Å². The Morgan fingerprint density at radius 2 is 1.95 bits per heavy atom. The number of carbonyl (C=O) groups excluding carboxylic acids is 1. The Kier molecular flexibility index (Phi) is 3.20. The highest BCUT2D eigenvalue weighted by Crippen LogP contribution is 2.36. The van der Waals surface area contributed by atoms with Gasteiger partial charge in [-0.15, -0.1) is 11.3 Å². The normalized spacial score (nSPS) is 10.7. The number of thiophene rings is 1. The van der Waals surface area contributed by atoms with Crippen LogP contribution in [0.4, 0.5) is 0 Å². The second kappa shape index (κ2) is 5.04. The molecule has 0 fully saturated rings. The number of hydroxylamine groups is 1. The molecule has 0 aliphatic rings. The number of hydrogen-bond donors (Lipinski definition) is 4. The Bertz CT molecular complexity index is 883. The first kappa shape index (κ1) is 13.3. The monoisotopic (exact) mass is 302 g/mol. The number of aromatic nitrogens is 1. The number of H-pyrrole nitrogens is 1. The van der Waals surface area contributed by atoms with Crippen molar-refractivity contribution in [3.8, 4) is 16.2 Å². The number of carbonyl (C=O) groups is 1. The van der Waals surface area contributed by atoms with E-state index in [0.29, 0.717) is 10.2 Å². The van der Waals surface area contributed by atoms with Gasteiger partial charge in [0.2, 0.25) is 0 Å². The van der Waals surface area contributed by atoms with Gasteiger partial charge >= 0.3 is 0 Å². The Hall–Kier alpha value is -2.64. The summed E-state index contributed by atoms with van der Waals surface area (Å²) >= 11 is 1.30. The molecule has 0 aliphatic carbocycles. The summed E-state index contributed by atoms with van der Waals surface area (Å²) in [6, 6.07) is 11.1. The van der Waals surface area contributed by atoms with E-state index in [1.807, 2.05) is 30.3 Å². The van der Waals surface area contributed by atoms with Crippen LogP contribution < -0.4 is 11.0 Å². The molecular weight excluding hydrogens is 292 g/mol. The van der Waals surface area contributed by atoms with Crippen molar-refractivity contribution >= 4 is 27.5 Å². The second-order valence-corrected chi connectivity index (χ2v) is 5.39. The first-order valence-corrected chi connectivity index (χ1v) is 6.82. The molecule has 0 saturated heterocycles. The van der Waals surface area contributed by atoms with Crippen LogP contribution in [0.5, 0.6) is 5.75 Å². The number of pyridine rings is 1. The van der Waals surface area contributed by atoms with E-state index in [2.05, 4.69) is 4.98 Å². The van der Waals surface area contributed by atoms with Crippen molar-refractivity contribution < 1.29 is 15.1 Å². The lowest BCUT2D eigenvalue weighted by Crippen LogP contribution is -2.27. The maximum Gasteiger partial charge on any atom is 0.284 e. The van der Waals surface area contributed by atoms with Gasteiger partial charge in [0.05, 0.1) is 5.39 Å². The van der Waals surface area contributed by atoms with Crippen molar-refractivity contribution in [3.63, 3.8) is 0 Å². The van der Waals surface area contributed by atoms with Crippen LogP contribution in [0, 0.1) is 0 Å². The molecule has 7 heteroatoms. The van der Waals surface area contributed by atoms with Crippen LogP contribution in [-0.4, -0.2) is 21.2 Å². The van der Waals surface area contributed by atoms with Crippen molar-refractivity contribution in [2.45, 2.75) is 0 Å². The molecule has 0 saturated carbocycles. The van der Waals surface area contributed by atoms with Gasteiger partial charge in [0.15, 0.2) is 0 Å². The van der Waals surface area contributed by atoms with Gasteiger partial charge in [-0.05, 0) is 11.6 Å². The van der Waals surface area contributed by atoms with E-state index >= 15 is 0 Å². The Morgan fingerprint density at radius 3 is 2.62 bits per heavy atom. The summed E-state index contributed by atoms with van der Waals surface area (Å²) < 4.78 is 0. The first-order chi connectivity index (χ1) is 10.1. The third-order valence-corrected chi connectivity index (χ3v) is 4.16. The molecule has 0 aliphatic heterocycles. The average molecular weight is 302 g/mol. The third-order valence-electron chi connectivity index (χ3n) is 3.07. The summed E-state index contributed by atoms with van der Waals surface area (Å²) in [5, 5.41) is 19.1. The van der Waals surface area contributed by atoms with Crippen molar-refractivity contribution in [2.24, 2.45) is 0 Å². The van der Waals surface area contributed by atoms with Gasteiger partial charge in [-0.3, -0.25) is 14.8 Å². The van der Waals surface area contributed by atoms with Crippen LogP contribution in [0.15, 0.2) is 41.2 Å². The van der Waals surface area contributed by atoms with E-state index in [1.54, 1.807) is 6.07 Å². The van der Waals surface area contributed by atoms with E-state index in [1.165, 1.54) is 16.8 Å². The number of aromatic amines is 1. The van der Waals surface area contributed by atoms with E-state index in [9.17, 15) is 14.7 Å². The first-order valence-electron chi connectivity index (χ1n) is 6.00. The number of aromatic hydroxyl groups is 1. The molecule has 0 bridgehead atoms. The highest BCUT2D eigenvalue weighted by atomic mass is 32.1. The molecule has 4 N–H and O–H groups in total. The molecule has 0 atom stereocenters. The Balaban J connectivity index is 2.26. The van der Waals surface area contributed by atoms with Crippen LogP contribution in [0.1, 0.15) is 10.4 Å². The fraction of sp³-hybridized carbons (Fsp3) is 0. The lowest BCUT2D eigenvalue weighted by atomic mass is 10.1. The van der Waals surface area contributed by atoms with E-state index in [-0.39, 0.29) is 0 Å². The van der Waals surface area contributed by atoms with Gasteiger partial charge in [-0.1, -0.05) is 30.3 Å². The molecular formula is C14H10N2O4S. The zero-order valence-corrected chi connectivity index (χ0v) is 11.4. The number of rotatable bonds is 2. The number of benzene rings is 1. The van der Waals surface area contributed by atoms with Crippen LogP contribution >= 0.6 is 11.3 Å². The molecule has 1 aromatic carbocycles. The van der Waals surface area contributed by atoms with E-state index < -0.39 is 22.8 Å². The standard InChI is InChI=1S/C14H10N2O4S/c17-11-8-6-9(7-4-2-1-3-5-7)21-14(8)15-12(18)10(11)13(19)16-20/h1-6,20H,(H,16,19)(H2,15,17,18). The van der Waals surface area contributed by atoms with Gasteiger partial charge < -0.3 is 10.1 Å². The average Bonchev–Trinajstić information content (AvgIpc) is 2.92. The summed E-state index contributed by atoms with van der Waals surface area (Å²) in [5.74, 6) is -1.50. The number of amides is 1. The Morgan fingerprint density at radius 1 is 1.24 bits per heavy atom. The smallest absolute Gasteiger partial charge is 0.284 e. The summed E-state index contributed by atoms with van der Waals surface area (Å²) in [6.45, 7) is 0. The highest BCUT2D eigenvalue weighted by Gasteiger charge is 2.20. The molecule has 106 valence electrons. The molecule has 1 amide bonds. The predicted molar refractivity (Wildman–Crippen MR) is 78.8 cm³/mol. The highest BCUT2D eigenvalue weighted by molar-refractivity contribution is 7.21. The Labute approximate surface area is 122 Å². The summed E-state index contributed by atoms with van der Waals surface area (Å²) in [6.07, 6.45) is 0.